The van der Waals surface area contributed by atoms with Crippen LogP contribution in [0.1, 0.15) is 33.6 Å². The van der Waals surface area contributed by atoms with Crippen LogP contribution in [0.5, 0.6) is 0 Å². The Hall–Kier alpha value is 0.270. The predicted octanol–water partition coefficient (Wildman–Crippen LogP) is 1.73. The minimum atomic E-state index is -0.225. The molecular weight excluding hydrogens is 194 g/mol. The standard InChI is InChI=1S/C11H21NOS/c1-4-11(3,8(2)13)12-6-10-5-9(12)7-14-10/h8-10,13H,4-7H2,1-3H3. The zero-order valence-electron chi connectivity index (χ0n) is 9.36. The molecule has 0 aliphatic carbocycles. The molecule has 4 atom stereocenters. The van der Waals surface area contributed by atoms with Crippen LogP contribution < -0.4 is 0 Å². The number of hydrogen-bond donors (Lipinski definition) is 1. The average Bonchev–Trinajstić information content (AvgIpc) is 2.77. The van der Waals surface area contributed by atoms with Gasteiger partial charge in [0.05, 0.1) is 6.10 Å². The first-order valence-electron chi connectivity index (χ1n) is 5.64. The number of thioether (sulfide) groups is 1. The lowest BCUT2D eigenvalue weighted by Crippen LogP contribution is -2.56. The van der Waals surface area contributed by atoms with Gasteiger partial charge in [-0.05, 0) is 26.7 Å². The van der Waals surface area contributed by atoms with Gasteiger partial charge in [-0.1, -0.05) is 6.92 Å². The van der Waals surface area contributed by atoms with Gasteiger partial charge in [-0.25, -0.2) is 0 Å². The van der Waals surface area contributed by atoms with Crippen LogP contribution in [-0.4, -0.2) is 45.2 Å². The van der Waals surface area contributed by atoms with E-state index in [4.69, 9.17) is 0 Å². The van der Waals surface area contributed by atoms with Crippen LogP contribution in [0.2, 0.25) is 0 Å². The normalized spacial score (nSPS) is 38.6. The van der Waals surface area contributed by atoms with Gasteiger partial charge in [0.15, 0.2) is 0 Å². The van der Waals surface area contributed by atoms with Crippen molar-refractivity contribution >= 4 is 11.8 Å². The van der Waals surface area contributed by atoms with E-state index in [9.17, 15) is 5.11 Å². The minimum Gasteiger partial charge on any atom is -0.391 e. The highest BCUT2D eigenvalue weighted by Gasteiger charge is 2.47. The highest BCUT2D eigenvalue weighted by Crippen LogP contribution is 2.42. The average molecular weight is 215 g/mol. The van der Waals surface area contributed by atoms with Crippen LogP contribution in [0.15, 0.2) is 0 Å². The molecule has 2 heterocycles. The Labute approximate surface area is 91.1 Å². The van der Waals surface area contributed by atoms with E-state index in [-0.39, 0.29) is 11.6 Å². The number of nitrogens with zero attached hydrogens (tertiary/aromatic N) is 1. The van der Waals surface area contributed by atoms with E-state index in [1.54, 1.807) is 0 Å². The Balaban J connectivity index is 2.13. The van der Waals surface area contributed by atoms with E-state index in [1.165, 1.54) is 18.7 Å². The summed E-state index contributed by atoms with van der Waals surface area (Å²) in [5, 5.41) is 10.7. The van der Waals surface area contributed by atoms with Gasteiger partial charge < -0.3 is 5.11 Å². The van der Waals surface area contributed by atoms with Crippen LogP contribution in [0.25, 0.3) is 0 Å². The van der Waals surface area contributed by atoms with E-state index >= 15 is 0 Å². The van der Waals surface area contributed by atoms with Crippen molar-refractivity contribution in [2.45, 2.75) is 56.5 Å². The minimum absolute atomic E-state index is 0.000394. The second-order valence-electron chi connectivity index (χ2n) is 4.88. The fraction of sp³-hybridized carbons (Fsp3) is 1.00. The van der Waals surface area contributed by atoms with Crippen molar-refractivity contribution in [1.82, 2.24) is 4.90 Å². The summed E-state index contributed by atoms with van der Waals surface area (Å²) in [4.78, 5) is 2.55. The Bertz CT molecular complexity index is 221. The maximum atomic E-state index is 9.91. The Kier molecular flexibility index (Phi) is 2.84. The number of aliphatic hydroxyl groups is 1. The number of hydrogen-bond acceptors (Lipinski definition) is 3. The lowest BCUT2D eigenvalue weighted by Gasteiger charge is -2.45. The van der Waals surface area contributed by atoms with Crippen LogP contribution >= 0.6 is 11.8 Å². The fourth-order valence-corrected chi connectivity index (χ4v) is 4.20. The second-order valence-corrected chi connectivity index (χ2v) is 6.22. The molecule has 14 heavy (non-hydrogen) atoms. The highest BCUT2D eigenvalue weighted by molar-refractivity contribution is 8.00. The molecule has 2 bridgehead atoms. The molecule has 2 saturated heterocycles. The molecule has 82 valence electrons. The molecular formula is C11H21NOS. The van der Waals surface area contributed by atoms with Gasteiger partial charge in [-0.3, -0.25) is 4.90 Å². The van der Waals surface area contributed by atoms with Crippen molar-refractivity contribution in [3.8, 4) is 0 Å². The van der Waals surface area contributed by atoms with Gasteiger partial charge in [0, 0.05) is 29.1 Å². The topological polar surface area (TPSA) is 23.5 Å². The van der Waals surface area contributed by atoms with Crippen LogP contribution in [0, 0.1) is 0 Å². The van der Waals surface area contributed by atoms with Gasteiger partial charge in [0.2, 0.25) is 0 Å². The molecule has 0 radical (unpaired) electrons. The third-order valence-corrected chi connectivity index (χ3v) is 5.56. The van der Waals surface area contributed by atoms with Crippen molar-refractivity contribution in [1.29, 1.82) is 0 Å². The van der Waals surface area contributed by atoms with E-state index in [2.05, 4.69) is 30.5 Å². The SMILES string of the molecule is CCC(C)(C(C)O)N1CC2CC1CS2. The van der Waals surface area contributed by atoms with Crippen molar-refractivity contribution in [2.24, 2.45) is 0 Å². The van der Waals surface area contributed by atoms with E-state index in [1.807, 2.05) is 6.92 Å². The number of rotatable bonds is 3. The number of likely N-dealkylation sites (tertiary alicyclic amines) is 1. The van der Waals surface area contributed by atoms with E-state index < -0.39 is 0 Å². The van der Waals surface area contributed by atoms with Crippen molar-refractivity contribution in [3.05, 3.63) is 0 Å². The predicted molar refractivity (Wildman–Crippen MR) is 61.7 cm³/mol. The summed E-state index contributed by atoms with van der Waals surface area (Å²) in [6.45, 7) is 7.52. The smallest absolute Gasteiger partial charge is 0.0693 e. The molecule has 4 unspecified atom stereocenters. The summed E-state index contributed by atoms with van der Waals surface area (Å²) >= 11 is 2.11. The molecule has 0 saturated carbocycles. The summed E-state index contributed by atoms with van der Waals surface area (Å²) in [7, 11) is 0. The van der Waals surface area contributed by atoms with Crippen LogP contribution in [0.3, 0.4) is 0 Å². The first kappa shape index (κ1) is 10.8. The lowest BCUT2D eigenvalue weighted by molar-refractivity contribution is -0.0185. The molecule has 0 spiro atoms. The zero-order valence-corrected chi connectivity index (χ0v) is 10.2. The largest absolute Gasteiger partial charge is 0.391 e. The van der Waals surface area contributed by atoms with Crippen LogP contribution in [-0.2, 0) is 0 Å². The molecule has 2 aliphatic heterocycles. The quantitative estimate of drug-likeness (QED) is 0.775. The summed E-state index contributed by atoms with van der Waals surface area (Å²) in [6, 6.07) is 0.726. The molecule has 2 rings (SSSR count). The molecule has 3 heteroatoms. The molecule has 2 nitrogen and oxygen atoms in total. The second kappa shape index (κ2) is 3.69. The lowest BCUT2D eigenvalue weighted by atomic mass is 9.90. The molecule has 0 amide bonds. The zero-order chi connectivity index (χ0) is 10.3. The molecule has 1 N–H and O–H groups in total. The third kappa shape index (κ3) is 1.50. The maximum Gasteiger partial charge on any atom is 0.0693 e. The number of fused-ring (bicyclic) bond motifs is 2. The van der Waals surface area contributed by atoms with Gasteiger partial charge in [0.1, 0.15) is 0 Å². The van der Waals surface area contributed by atoms with E-state index in [0.717, 1.165) is 17.7 Å². The summed E-state index contributed by atoms with van der Waals surface area (Å²) in [5.41, 5.74) is 0.000394. The molecule has 2 fully saturated rings. The van der Waals surface area contributed by atoms with Gasteiger partial charge >= 0.3 is 0 Å². The maximum absolute atomic E-state index is 9.91. The molecule has 0 aromatic rings. The number of aliphatic hydroxyl groups excluding tert-OH is 1. The summed E-state index contributed by atoms with van der Waals surface area (Å²) in [6.07, 6.45) is 2.16. The summed E-state index contributed by atoms with van der Waals surface area (Å²) < 4.78 is 0. The first-order chi connectivity index (χ1) is 6.58. The molecule has 2 aliphatic rings. The Morgan fingerprint density at radius 2 is 2.36 bits per heavy atom. The Morgan fingerprint density at radius 1 is 1.64 bits per heavy atom. The fourth-order valence-electron chi connectivity index (χ4n) is 2.76. The molecule has 0 aromatic heterocycles. The Morgan fingerprint density at radius 3 is 2.71 bits per heavy atom. The first-order valence-corrected chi connectivity index (χ1v) is 6.69. The van der Waals surface area contributed by atoms with Crippen LogP contribution in [0.4, 0.5) is 0 Å². The van der Waals surface area contributed by atoms with Gasteiger partial charge in [0.25, 0.3) is 0 Å². The van der Waals surface area contributed by atoms with Gasteiger partial charge in [-0.2, -0.15) is 11.8 Å². The third-order valence-electron chi connectivity index (χ3n) is 4.17. The highest BCUT2D eigenvalue weighted by atomic mass is 32.2. The monoisotopic (exact) mass is 215 g/mol. The van der Waals surface area contributed by atoms with Crippen molar-refractivity contribution in [3.63, 3.8) is 0 Å². The van der Waals surface area contributed by atoms with E-state index in [0.29, 0.717) is 0 Å². The van der Waals surface area contributed by atoms with Crippen molar-refractivity contribution in [2.75, 3.05) is 12.3 Å². The van der Waals surface area contributed by atoms with Crippen molar-refractivity contribution < 1.29 is 5.11 Å². The van der Waals surface area contributed by atoms with Gasteiger partial charge in [-0.15, -0.1) is 0 Å². The molecule has 0 aromatic carbocycles. The summed E-state index contributed by atoms with van der Waals surface area (Å²) in [5.74, 6) is 1.27.